The molecule has 1 atom stereocenters. The minimum Gasteiger partial charge on any atom is -0.377 e. The van der Waals surface area contributed by atoms with Gasteiger partial charge in [-0.2, -0.15) is 13.2 Å². The zero-order valence-electron chi connectivity index (χ0n) is 13.3. The molecule has 0 spiro atoms. The van der Waals surface area contributed by atoms with E-state index in [0.29, 0.717) is 12.1 Å². The molecule has 0 aliphatic carbocycles. The number of ether oxygens (including phenoxy) is 1. The molecule has 0 bridgehead atoms. The average Bonchev–Trinajstić information content (AvgIpc) is 3.20. The summed E-state index contributed by atoms with van der Waals surface area (Å²) in [6.45, 7) is 2.74. The molecule has 24 heavy (non-hydrogen) atoms. The van der Waals surface area contributed by atoms with E-state index in [4.69, 9.17) is 4.74 Å². The van der Waals surface area contributed by atoms with Crippen molar-refractivity contribution in [3.05, 3.63) is 57.8 Å². The zero-order valence-corrected chi connectivity index (χ0v) is 14.1. The van der Waals surface area contributed by atoms with E-state index in [1.807, 2.05) is 11.4 Å². The average molecular weight is 355 g/mol. The van der Waals surface area contributed by atoms with Crippen LogP contribution in [0.15, 0.2) is 41.8 Å². The Morgan fingerprint density at radius 1 is 1.17 bits per heavy atom. The van der Waals surface area contributed by atoms with Gasteiger partial charge in [0.1, 0.15) is 0 Å². The van der Waals surface area contributed by atoms with Gasteiger partial charge in [0.2, 0.25) is 0 Å². The Morgan fingerprint density at radius 2 is 2.04 bits per heavy atom. The number of rotatable bonds is 6. The maximum absolute atomic E-state index is 12.9. The number of benzene rings is 1. The number of thiophene rings is 1. The van der Waals surface area contributed by atoms with Gasteiger partial charge >= 0.3 is 6.18 Å². The van der Waals surface area contributed by atoms with E-state index in [-0.39, 0.29) is 6.10 Å². The smallest absolute Gasteiger partial charge is 0.377 e. The normalized spacial score (nSPS) is 18.4. The lowest BCUT2D eigenvalue weighted by molar-refractivity contribution is -0.137. The first kappa shape index (κ1) is 17.5. The van der Waals surface area contributed by atoms with E-state index in [9.17, 15) is 13.2 Å². The summed E-state index contributed by atoms with van der Waals surface area (Å²) < 4.78 is 44.4. The van der Waals surface area contributed by atoms with Gasteiger partial charge < -0.3 is 4.74 Å². The predicted molar refractivity (Wildman–Crippen MR) is 88.9 cm³/mol. The van der Waals surface area contributed by atoms with Crippen LogP contribution in [0.4, 0.5) is 13.2 Å². The molecule has 6 heteroatoms. The number of hydrogen-bond donors (Lipinski definition) is 0. The molecule has 2 heterocycles. The Balaban J connectivity index is 1.72. The highest BCUT2D eigenvalue weighted by molar-refractivity contribution is 7.09. The van der Waals surface area contributed by atoms with Crippen LogP contribution in [0.25, 0.3) is 0 Å². The second kappa shape index (κ2) is 7.68. The summed E-state index contributed by atoms with van der Waals surface area (Å²) in [4.78, 5) is 3.39. The maximum Gasteiger partial charge on any atom is 0.416 e. The topological polar surface area (TPSA) is 12.5 Å². The summed E-state index contributed by atoms with van der Waals surface area (Å²) in [6.07, 6.45) is -2.05. The molecule has 0 saturated carbocycles. The third-order valence-electron chi connectivity index (χ3n) is 4.11. The number of nitrogens with zero attached hydrogens (tertiary/aromatic N) is 1. The van der Waals surface area contributed by atoms with Crippen molar-refractivity contribution in [3.63, 3.8) is 0 Å². The molecule has 0 N–H and O–H groups in total. The van der Waals surface area contributed by atoms with Gasteiger partial charge in [0.15, 0.2) is 0 Å². The van der Waals surface area contributed by atoms with Crippen LogP contribution in [-0.2, 0) is 24.0 Å². The largest absolute Gasteiger partial charge is 0.416 e. The van der Waals surface area contributed by atoms with Crippen molar-refractivity contribution in [1.29, 1.82) is 0 Å². The second-order valence-electron chi connectivity index (χ2n) is 6.08. The lowest BCUT2D eigenvalue weighted by atomic mass is 10.1. The van der Waals surface area contributed by atoms with Gasteiger partial charge in [0.05, 0.1) is 11.7 Å². The van der Waals surface area contributed by atoms with E-state index in [0.717, 1.165) is 38.6 Å². The SMILES string of the molecule is FC(F)(F)c1cccc(CN(Cc2cccs2)CC2CCCO2)c1. The second-order valence-corrected chi connectivity index (χ2v) is 7.11. The summed E-state index contributed by atoms with van der Waals surface area (Å²) >= 11 is 1.66. The van der Waals surface area contributed by atoms with Gasteiger partial charge in [0.25, 0.3) is 0 Å². The molecule has 1 aromatic carbocycles. The highest BCUT2D eigenvalue weighted by atomic mass is 32.1. The summed E-state index contributed by atoms with van der Waals surface area (Å²) in [7, 11) is 0. The fourth-order valence-electron chi connectivity index (χ4n) is 2.99. The summed E-state index contributed by atoms with van der Waals surface area (Å²) in [5.74, 6) is 0. The third-order valence-corrected chi connectivity index (χ3v) is 4.97. The highest BCUT2D eigenvalue weighted by Gasteiger charge is 2.30. The molecule has 1 aliphatic rings. The lowest BCUT2D eigenvalue weighted by Crippen LogP contribution is -2.31. The summed E-state index contributed by atoms with van der Waals surface area (Å²) in [5, 5.41) is 2.02. The Hall–Kier alpha value is -1.37. The van der Waals surface area contributed by atoms with Gasteiger partial charge in [-0.15, -0.1) is 11.3 Å². The van der Waals surface area contributed by atoms with Crippen molar-refractivity contribution in [2.75, 3.05) is 13.2 Å². The third kappa shape index (κ3) is 4.82. The molecule has 1 saturated heterocycles. The van der Waals surface area contributed by atoms with Crippen LogP contribution in [-0.4, -0.2) is 24.2 Å². The van der Waals surface area contributed by atoms with Gasteiger partial charge in [-0.1, -0.05) is 24.3 Å². The van der Waals surface area contributed by atoms with E-state index >= 15 is 0 Å². The van der Waals surface area contributed by atoms with Crippen molar-refractivity contribution in [3.8, 4) is 0 Å². The van der Waals surface area contributed by atoms with Crippen molar-refractivity contribution < 1.29 is 17.9 Å². The first-order valence-electron chi connectivity index (χ1n) is 8.03. The zero-order chi connectivity index (χ0) is 17.0. The number of hydrogen-bond acceptors (Lipinski definition) is 3. The lowest BCUT2D eigenvalue weighted by Gasteiger charge is -2.25. The molecule has 2 nitrogen and oxygen atoms in total. The standard InChI is InChI=1S/C18H20F3NOS/c19-18(20,21)15-5-1-4-14(10-15)11-22(12-16-6-2-8-23-16)13-17-7-3-9-24-17/h1,3-5,7,9-10,16H,2,6,8,11-13H2. The van der Waals surface area contributed by atoms with Gasteiger partial charge in [0, 0.05) is 31.1 Å². The molecular weight excluding hydrogens is 335 g/mol. The maximum atomic E-state index is 12.9. The van der Waals surface area contributed by atoms with Crippen molar-refractivity contribution in [2.24, 2.45) is 0 Å². The fraction of sp³-hybridized carbons (Fsp3) is 0.444. The fourth-order valence-corrected chi connectivity index (χ4v) is 3.73. The Morgan fingerprint density at radius 3 is 2.71 bits per heavy atom. The van der Waals surface area contributed by atoms with Crippen LogP contribution in [0.2, 0.25) is 0 Å². The summed E-state index contributed by atoms with van der Waals surface area (Å²) in [6, 6.07) is 9.65. The van der Waals surface area contributed by atoms with Gasteiger partial charge in [-0.3, -0.25) is 4.90 Å². The number of halogens is 3. The summed E-state index contributed by atoms with van der Waals surface area (Å²) in [5.41, 5.74) is 0.0903. The molecule has 0 amide bonds. The van der Waals surface area contributed by atoms with Crippen molar-refractivity contribution >= 4 is 11.3 Å². The van der Waals surface area contributed by atoms with Gasteiger partial charge in [-0.25, -0.2) is 0 Å². The predicted octanol–water partition coefficient (Wildman–Crippen LogP) is 4.95. The van der Waals surface area contributed by atoms with Crippen LogP contribution >= 0.6 is 11.3 Å². The highest BCUT2D eigenvalue weighted by Crippen LogP contribution is 2.30. The Kier molecular flexibility index (Phi) is 5.58. The van der Waals surface area contributed by atoms with Crippen molar-refractivity contribution in [2.45, 2.75) is 38.2 Å². The molecule has 1 aromatic heterocycles. The van der Waals surface area contributed by atoms with Crippen molar-refractivity contribution in [1.82, 2.24) is 4.90 Å². The Labute approximate surface area is 143 Å². The molecule has 0 radical (unpaired) electrons. The number of alkyl halides is 3. The molecule has 1 fully saturated rings. The van der Waals surface area contributed by atoms with Gasteiger partial charge in [-0.05, 0) is 35.9 Å². The molecule has 1 unspecified atom stereocenters. The quantitative estimate of drug-likeness (QED) is 0.727. The minimum absolute atomic E-state index is 0.177. The minimum atomic E-state index is -4.30. The van der Waals surface area contributed by atoms with Crippen LogP contribution < -0.4 is 0 Å². The van der Waals surface area contributed by atoms with E-state index in [1.165, 1.54) is 17.0 Å². The van der Waals surface area contributed by atoms with Crippen LogP contribution in [0.3, 0.4) is 0 Å². The molecule has 2 aromatic rings. The molecular formula is C18H20F3NOS. The first-order chi connectivity index (χ1) is 11.5. The molecule has 130 valence electrons. The van der Waals surface area contributed by atoms with E-state index in [2.05, 4.69) is 11.0 Å². The monoisotopic (exact) mass is 355 g/mol. The Bertz CT molecular complexity index is 636. The van der Waals surface area contributed by atoms with Crippen LogP contribution in [0.1, 0.15) is 28.8 Å². The van der Waals surface area contributed by atoms with Crippen LogP contribution in [0, 0.1) is 0 Å². The molecule has 1 aliphatic heterocycles. The van der Waals surface area contributed by atoms with E-state index < -0.39 is 11.7 Å². The van der Waals surface area contributed by atoms with Crippen LogP contribution in [0.5, 0.6) is 0 Å². The first-order valence-corrected chi connectivity index (χ1v) is 8.91. The van der Waals surface area contributed by atoms with E-state index in [1.54, 1.807) is 17.4 Å². The molecule has 3 rings (SSSR count).